The van der Waals surface area contributed by atoms with Gasteiger partial charge in [0.25, 0.3) is 0 Å². The molecule has 1 aromatic carbocycles. The number of pyridine rings is 1. The summed E-state index contributed by atoms with van der Waals surface area (Å²) in [5.74, 6) is 0.614. The monoisotopic (exact) mass is 475 g/mol. The van der Waals surface area contributed by atoms with Crippen molar-refractivity contribution in [1.82, 2.24) is 24.3 Å². The van der Waals surface area contributed by atoms with Gasteiger partial charge in [0.05, 0.1) is 11.3 Å². The van der Waals surface area contributed by atoms with Crippen molar-refractivity contribution >= 4 is 23.5 Å². The number of carbonyl (C=O) groups is 1. The molecule has 4 aromatic rings. The number of nitrogens with zero attached hydrogens (tertiary/aromatic N) is 6. The average molecular weight is 476 g/mol. The van der Waals surface area contributed by atoms with E-state index in [0.29, 0.717) is 28.9 Å². The number of anilines is 1. The maximum atomic E-state index is 13.3. The summed E-state index contributed by atoms with van der Waals surface area (Å²) in [6.45, 7) is 4.14. The number of hydrogen-bond acceptors (Lipinski definition) is 6. The molecular weight excluding hydrogens is 453 g/mol. The van der Waals surface area contributed by atoms with Crippen molar-refractivity contribution in [3.8, 4) is 17.5 Å². The van der Waals surface area contributed by atoms with Crippen LogP contribution in [0.25, 0.3) is 11.4 Å². The fraction of sp³-hybridized carbons (Fsp3) is 0.208. The molecule has 0 spiro atoms. The van der Waals surface area contributed by atoms with Crippen LogP contribution in [0.1, 0.15) is 22.4 Å². The molecule has 34 heavy (non-hydrogen) atoms. The highest BCUT2D eigenvalue weighted by Crippen LogP contribution is 2.28. The zero-order chi connectivity index (χ0) is 24.2. The van der Waals surface area contributed by atoms with Crippen LogP contribution in [-0.2, 0) is 18.4 Å². The normalized spacial score (nSPS) is 10.8. The fourth-order valence-electron chi connectivity index (χ4n) is 3.59. The molecule has 0 saturated carbocycles. The minimum atomic E-state index is -0.316. The molecule has 1 N–H and O–H groups in total. The number of halogens is 1. The van der Waals surface area contributed by atoms with Gasteiger partial charge in [-0.05, 0) is 49.2 Å². The summed E-state index contributed by atoms with van der Waals surface area (Å²) in [6, 6.07) is 12.0. The van der Waals surface area contributed by atoms with Gasteiger partial charge in [-0.15, -0.1) is 10.2 Å². The van der Waals surface area contributed by atoms with Crippen molar-refractivity contribution in [3.63, 3.8) is 0 Å². The Hall–Kier alpha value is -3.97. The van der Waals surface area contributed by atoms with E-state index in [1.807, 2.05) is 42.2 Å². The summed E-state index contributed by atoms with van der Waals surface area (Å²) in [4.78, 5) is 16.9. The third kappa shape index (κ3) is 4.70. The first-order chi connectivity index (χ1) is 16.4. The first-order valence-corrected chi connectivity index (χ1v) is 11.4. The molecule has 0 unspecified atom stereocenters. The second kappa shape index (κ2) is 9.89. The number of thioether (sulfide) groups is 1. The van der Waals surface area contributed by atoms with E-state index in [2.05, 4.69) is 26.6 Å². The van der Waals surface area contributed by atoms with Crippen LogP contribution in [0.15, 0.2) is 53.9 Å². The van der Waals surface area contributed by atoms with Crippen molar-refractivity contribution < 1.29 is 9.18 Å². The lowest BCUT2D eigenvalue weighted by Gasteiger charge is -2.13. The summed E-state index contributed by atoms with van der Waals surface area (Å²) in [5, 5.41) is 21.6. The molecule has 1 amide bonds. The Morgan fingerprint density at radius 3 is 2.53 bits per heavy atom. The lowest BCUT2D eigenvalue weighted by atomic mass is 10.2. The summed E-state index contributed by atoms with van der Waals surface area (Å²) < 4.78 is 17.0. The number of hydrogen-bond donors (Lipinski definition) is 1. The van der Waals surface area contributed by atoms with Crippen molar-refractivity contribution in [2.45, 2.75) is 25.5 Å². The largest absolute Gasteiger partial charge is 0.326 e. The van der Waals surface area contributed by atoms with Gasteiger partial charge < -0.3 is 14.5 Å². The van der Waals surface area contributed by atoms with Crippen LogP contribution < -0.4 is 5.32 Å². The van der Waals surface area contributed by atoms with Crippen LogP contribution in [0.4, 0.5) is 10.2 Å². The molecule has 0 bridgehead atoms. The first-order valence-electron chi connectivity index (χ1n) is 10.5. The molecule has 3 aromatic heterocycles. The van der Waals surface area contributed by atoms with E-state index in [1.165, 1.54) is 23.9 Å². The molecule has 0 aliphatic rings. The van der Waals surface area contributed by atoms with Gasteiger partial charge in [-0.1, -0.05) is 23.9 Å². The molecule has 0 fully saturated rings. The van der Waals surface area contributed by atoms with Crippen molar-refractivity contribution in [3.05, 3.63) is 77.0 Å². The van der Waals surface area contributed by atoms with Crippen LogP contribution in [0.3, 0.4) is 0 Å². The van der Waals surface area contributed by atoms with E-state index in [0.717, 1.165) is 22.4 Å². The van der Waals surface area contributed by atoms with Crippen molar-refractivity contribution in [2.24, 2.45) is 7.05 Å². The Kier molecular flexibility index (Phi) is 6.75. The third-order valence-corrected chi connectivity index (χ3v) is 6.58. The second-order valence-corrected chi connectivity index (χ2v) is 8.64. The predicted octanol–water partition coefficient (Wildman–Crippen LogP) is 4.09. The van der Waals surface area contributed by atoms with E-state index < -0.39 is 0 Å². The number of amides is 1. The number of nitrogens with one attached hydrogen (secondary N) is 1. The SMILES string of the molecule is Cc1c(C#N)c(NC(=O)CSc2nnc(-c3ccncc3)n2C)n(Cc2ccc(F)cc2)c1C. The zero-order valence-corrected chi connectivity index (χ0v) is 19.7. The van der Waals surface area contributed by atoms with Gasteiger partial charge in [0, 0.05) is 37.2 Å². The van der Waals surface area contributed by atoms with E-state index in [9.17, 15) is 14.4 Å². The minimum absolute atomic E-state index is 0.0903. The maximum absolute atomic E-state index is 13.3. The maximum Gasteiger partial charge on any atom is 0.235 e. The summed E-state index contributed by atoms with van der Waals surface area (Å²) in [6.07, 6.45) is 3.37. The topological polar surface area (TPSA) is 101 Å². The lowest BCUT2D eigenvalue weighted by molar-refractivity contribution is -0.113. The molecule has 0 aliphatic heterocycles. The van der Waals surface area contributed by atoms with E-state index in [1.54, 1.807) is 24.5 Å². The van der Waals surface area contributed by atoms with Gasteiger partial charge in [-0.2, -0.15) is 5.26 Å². The number of aromatic nitrogens is 5. The van der Waals surface area contributed by atoms with E-state index in [4.69, 9.17) is 0 Å². The molecular formula is C24H22FN7OS. The Morgan fingerprint density at radius 1 is 1.15 bits per heavy atom. The van der Waals surface area contributed by atoms with Gasteiger partial charge in [0.2, 0.25) is 5.91 Å². The molecule has 0 radical (unpaired) electrons. The molecule has 0 saturated heterocycles. The lowest BCUT2D eigenvalue weighted by Crippen LogP contribution is -2.19. The Balaban J connectivity index is 1.51. The minimum Gasteiger partial charge on any atom is -0.326 e. The van der Waals surface area contributed by atoms with Crippen LogP contribution in [-0.4, -0.2) is 36.0 Å². The zero-order valence-electron chi connectivity index (χ0n) is 18.9. The van der Waals surface area contributed by atoms with Gasteiger partial charge in [0.1, 0.15) is 17.7 Å². The molecule has 8 nitrogen and oxygen atoms in total. The van der Waals surface area contributed by atoms with Gasteiger partial charge in [-0.3, -0.25) is 9.78 Å². The molecule has 10 heteroatoms. The highest BCUT2D eigenvalue weighted by Gasteiger charge is 2.20. The predicted molar refractivity (Wildman–Crippen MR) is 128 cm³/mol. The van der Waals surface area contributed by atoms with Crippen LogP contribution in [0.2, 0.25) is 0 Å². The van der Waals surface area contributed by atoms with E-state index >= 15 is 0 Å². The highest BCUT2D eigenvalue weighted by molar-refractivity contribution is 7.99. The second-order valence-electron chi connectivity index (χ2n) is 7.70. The van der Waals surface area contributed by atoms with Crippen molar-refractivity contribution in [2.75, 3.05) is 11.1 Å². The molecule has 4 rings (SSSR count). The summed E-state index contributed by atoms with van der Waals surface area (Å²) in [5.41, 5.74) is 3.81. The number of rotatable bonds is 7. The number of carbonyl (C=O) groups excluding carboxylic acids is 1. The Morgan fingerprint density at radius 2 is 1.85 bits per heavy atom. The standard InChI is InChI=1S/C24H22FN7OS/c1-15-16(2)32(13-17-4-6-19(25)7-5-17)23(20(15)12-26)28-21(33)14-34-24-30-29-22(31(24)3)18-8-10-27-11-9-18/h4-11H,13-14H2,1-3H3,(H,28,33). The fourth-order valence-corrected chi connectivity index (χ4v) is 4.30. The Bertz CT molecular complexity index is 1370. The quantitative estimate of drug-likeness (QED) is 0.404. The van der Waals surface area contributed by atoms with Crippen LogP contribution in [0.5, 0.6) is 0 Å². The summed E-state index contributed by atoms with van der Waals surface area (Å²) >= 11 is 1.25. The van der Waals surface area contributed by atoms with E-state index in [-0.39, 0.29) is 17.5 Å². The third-order valence-electron chi connectivity index (χ3n) is 5.56. The first kappa shape index (κ1) is 23.2. The van der Waals surface area contributed by atoms with Gasteiger partial charge in [-0.25, -0.2) is 4.39 Å². The average Bonchev–Trinajstić information content (AvgIpc) is 3.31. The highest BCUT2D eigenvalue weighted by atomic mass is 32.2. The number of nitriles is 1. The molecule has 0 atom stereocenters. The molecule has 0 aliphatic carbocycles. The van der Waals surface area contributed by atoms with Gasteiger partial charge >= 0.3 is 0 Å². The molecule has 3 heterocycles. The van der Waals surface area contributed by atoms with Crippen LogP contribution in [0, 0.1) is 31.0 Å². The van der Waals surface area contributed by atoms with Gasteiger partial charge in [0.15, 0.2) is 11.0 Å². The Labute approximate surface area is 200 Å². The summed E-state index contributed by atoms with van der Waals surface area (Å²) in [7, 11) is 1.84. The number of benzene rings is 1. The smallest absolute Gasteiger partial charge is 0.235 e. The molecule has 172 valence electrons. The van der Waals surface area contributed by atoms with Crippen molar-refractivity contribution in [1.29, 1.82) is 5.26 Å². The van der Waals surface area contributed by atoms with Crippen LogP contribution >= 0.6 is 11.8 Å².